The van der Waals surface area contributed by atoms with Crippen LogP contribution in [0.5, 0.6) is 11.6 Å². The zero-order valence-electron chi connectivity index (χ0n) is 24.2. The number of carbonyl (C=O) groups is 2. The molecule has 4 N–H and O–H groups in total. The molecule has 3 aromatic rings. The van der Waals surface area contributed by atoms with Crippen LogP contribution in [0.1, 0.15) is 27.2 Å². The Morgan fingerprint density at radius 3 is 2.00 bits per heavy atom. The van der Waals surface area contributed by atoms with Crippen LogP contribution < -0.4 is 15.0 Å². The molecule has 4 rings (SSSR count). The molecule has 45 heavy (non-hydrogen) atoms. The number of anilines is 1. The summed E-state index contributed by atoms with van der Waals surface area (Å²) >= 11 is 0. The Morgan fingerprint density at radius 2 is 1.53 bits per heavy atom. The molecule has 0 aliphatic carbocycles. The lowest BCUT2D eigenvalue weighted by Gasteiger charge is -2.25. The van der Waals surface area contributed by atoms with Crippen LogP contribution in [0.4, 0.5) is 32.3 Å². The van der Waals surface area contributed by atoms with Crippen LogP contribution in [0.3, 0.4) is 0 Å². The van der Waals surface area contributed by atoms with Crippen molar-refractivity contribution in [2.75, 3.05) is 25.1 Å². The van der Waals surface area contributed by atoms with Crippen molar-refractivity contribution >= 4 is 17.9 Å². The fourth-order valence-electron chi connectivity index (χ4n) is 3.73. The number of benzene rings is 1. The zero-order chi connectivity index (χ0) is 34.2. The number of ether oxygens (including phenoxy) is 1. The first-order valence-electron chi connectivity index (χ1n) is 12.7. The predicted octanol–water partition coefficient (Wildman–Crippen LogP) is 3.94. The van der Waals surface area contributed by atoms with Crippen molar-refractivity contribution in [2.45, 2.75) is 51.1 Å². The second kappa shape index (κ2) is 14.8. The van der Waals surface area contributed by atoms with E-state index in [1.54, 1.807) is 31.5 Å². The van der Waals surface area contributed by atoms with E-state index in [9.17, 15) is 31.4 Å². The van der Waals surface area contributed by atoms with Crippen LogP contribution >= 0.6 is 0 Å². The number of hydrogen-bond donors (Lipinski definition) is 4. The van der Waals surface area contributed by atoms with Gasteiger partial charge in [0.25, 0.3) is 0 Å². The molecule has 1 unspecified atom stereocenters. The van der Waals surface area contributed by atoms with Crippen molar-refractivity contribution in [2.24, 2.45) is 0 Å². The Hall–Kier alpha value is -4.81. The van der Waals surface area contributed by atoms with Gasteiger partial charge in [0.15, 0.2) is 0 Å². The number of rotatable bonds is 5. The normalized spacial score (nSPS) is 14.9. The number of phenols is 1. The van der Waals surface area contributed by atoms with Crippen molar-refractivity contribution in [3.63, 3.8) is 0 Å². The number of aromatic nitrogens is 5. The lowest BCUT2D eigenvalue weighted by Crippen LogP contribution is -2.45. The average molecular weight is 650 g/mol. The molecular weight excluding hydrogens is 620 g/mol. The monoisotopic (exact) mass is 649 g/mol. The molecule has 3 heterocycles. The molecule has 246 valence electrons. The van der Waals surface area contributed by atoms with E-state index < -0.39 is 24.3 Å². The lowest BCUT2D eigenvalue weighted by molar-refractivity contribution is -0.193. The first-order chi connectivity index (χ1) is 20.7. The van der Waals surface area contributed by atoms with E-state index in [4.69, 9.17) is 24.5 Å². The first kappa shape index (κ1) is 36.4. The molecule has 1 saturated heterocycles. The largest absolute Gasteiger partial charge is 0.507 e. The molecule has 0 saturated carbocycles. The van der Waals surface area contributed by atoms with Crippen LogP contribution in [0.25, 0.3) is 22.5 Å². The fraction of sp³-hybridized carbons (Fsp3) is 0.423. The van der Waals surface area contributed by atoms with Crippen LogP contribution in [-0.4, -0.2) is 96.5 Å². The summed E-state index contributed by atoms with van der Waals surface area (Å²) in [6.45, 7) is 8.24. The standard InChI is InChI=1S/C22H27N7O2.2C2HF3O2/c1-22(2,3)26-15-7-8-29(12-15)21-23-11-18(27-28-21)16-6-5-14(9-19(16)30)17-10-20(31-4)25-13-24-17;2*3-2(4,5)1(6)7/h5-6,9-11,13,15,26,30H,7-8,12H2,1-4H3;2*(H,6,7). The van der Waals surface area contributed by atoms with E-state index >= 15 is 0 Å². The van der Waals surface area contributed by atoms with Gasteiger partial charge in [0.2, 0.25) is 11.8 Å². The van der Waals surface area contributed by atoms with Crippen LogP contribution in [0.15, 0.2) is 36.8 Å². The van der Waals surface area contributed by atoms with E-state index in [1.807, 2.05) is 6.07 Å². The van der Waals surface area contributed by atoms with Gasteiger partial charge in [-0.25, -0.2) is 24.5 Å². The maximum Gasteiger partial charge on any atom is 0.490 e. The van der Waals surface area contributed by atoms with E-state index in [0.717, 1.165) is 25.1 Å². The van der Waals surface area contributed by atoms with Crippen molar-refractivity contribution in [3.8, 4) is 34.1 Å². The number of halogens is 6. The van der Waals surface area contributed by atoms with Gasteiger partial charge in [-0.2, -0.15) is 26.3 Å². The summed E-state index contributed by atoms with van der Waals surface area (Å²) in [6, 6.07) is 7.39. The highest BCUT2D eigenvalue weighted by Crippen LogP contribution is 2.32. The minimum atomic E-state index is -5.08. The molecule has 1 aliphatic rings. The number of carboxylic acids is 2. The summed E-state index contributed by atoms with van der Waals surface area (Å²) in [5.41, 5.74) is 2.54. The maximum atomic E-state index is 10.6. The number of aliphatic carboxylic acids is 2. The van der Waals surface area contributed by atoms with Crippen molar-refractivity contribution in [1.29, 1.82) is 0 Å². The van der Waals surface area contributed by atoms with Crippen LogP contribution in [0.2, 0.25) is 0 Å². The minimum absolute atomic E-state index is 0.0737. The molecule has 1 atom stereocenters. The topological polar surface area (TPSA) is 184 Å². The Bertz CT molecular complexity index is 1430. The van der Waals surface area contributed by atoms with E-state index in [1.165, 1.54) is 6.33 Å². The fourth-order valence-corrected chi connectivity index (χ4v) is 3.73. The Kier molecular flexibility index (Phi) is 11.9. The van der Waals surface area contributed by atoms with Gasteiger partial charge in [-0.15, -0.1) is 10.2 Å². The second-order valence-electron chi connectivity index (χ2n) is 10.3. The number of aromatic hydroxyl groups is 1. The van der Waals surface area contributed by atoms with E-state index in [-0.39, 0.29) is 11.3 Å². The molecule has 0 amide bonds. The Balaban J connectivity index is 0.000000421. The average Bonchev–Trinajstić information content (AvgIpc) is 3.39. The number of carboxylic acid groups (broad SMARTS) is 2. The van der Waals surface area contributed by atoms with Gasteiger partial charge in [-0.05, 0) is 39.3 Å². The van der Waals surface area contributed by atoms with Gasteiger partial charge in [0, 0.05) is 41.9 Å². The molecule has 1 aliphatic heterocycles. The number of alkyl halides is 6. The van der Waals surface area contributed by atoms with E-state index in [2.05, 4.69) is 56.1 Å². The van der Waals surface area contributed by atoms with Gasteiger partial charge in [0.1, 0.15) is 17.8 Å². The molecule has 13 nitrogen and oxygen atoms in total. The lowest BCUT2D eigenvalue weighted by atomic mass is 10.1. The summed E-state index contributed by atoms with van der Waals surface area (Å²) in [6.07, 6.45) is -6.05. The zero-order valence-corrected chi connectivity index (χ0v) is 24.2. The van der Waals surface area contributed by atoms with Gasteiger partial charge in [-0.3, -0.25) is 0 Å². The van der Waals surface area contributed by atoms with Gasteiger partial charge in [-0.1, -0.05) is 6.07 Å². The first-order valence-corrected chi connectivity index (χ1v) is 12.7. The highest BCUT2D eigenvalue weighted by atomic mass is 19.4. The molecule has 19 heteroatoms. The highest BCUT2D eigenvalue weighted by Gasteiger charge is 2.39. The third-order valence-corrected chi connectivity index (χ3v) is 5.56. The van der Waals surface area contributed by atoms with Gasteiger partial charge in [0.05, 0.1) is 19.0 Å². The molecule has 1 aromatic carbocycles. The van der Waals surface area contributed by atoms with Crippen molar-refractivity contribution in [1.82, 2.24) is 30.5 Å². The molecule has 0 bridgehead atoms. The van der Waals surface area contributed by atoms with E-state index in [0.29, 0.717) is 34.8 Å². The van der Waals surface area contributed by atoms with Crippen molar-refractivity contribution < 1.29 is 56.0 Å². The van der Waals surface area contributed by atoms with Gasteiger partial charge >= 0.3 is 24.3 Å². The number of nitrogens with zero attached hydrogens (tertiary/aromatic N) is 6. The number of hydrogen-bond acceptors (Lipinski definition) is 11. The Morgan fingerprint density at radius 1 is 0.933 bits per heavy atom. The third kappa shape index (κ3) is 11.7. The SMILES string of the molecule is COc1cc(-c2ccc(-c3cnc(N4CCC(NC(C)(C)C)C4)nn3)c(O)c2)ncn1.O=C(O)C(F)(F)F.O=C(O)C(F)(F)F. The quantitative estimate of drug-likeness (QED) is 0.292. The van der Waals surface area contributed by atoms with Gasteiger partial charge < -0.3 is 30.3 Å². The molecule has 0 spiro atoms. The smallest absolute Gasteiger partial charge is 0.490 e. The maximum absolute atomic E-state index is 10.6. The Labute approximate surface area is 251 Å². The van der Waals surface area contributed by atoms with Crippen LogP contribution in [0, 0.1) is 0 Å². The number of phenolic OH excluding ortho intramolecular Hbond substituents is 1. The summed E-state index contributed by atoms with van der Waals surface area (Å²) in [5, 5.41) is 37.0. The van der Waals surface area contributed by atoms with Crippen LogP contribution in [-0.2, 0) is 9.59 Å². The van der Waals surface area contributed by atoms with Crippen molar-refractivity contribution in [3.05, 3.63) is 36.8 Å². The highest BCUT2D eigenvalue weighted by molar-refractivity contribution is 5.74. The predicted molar refractivity (Wildman–Crippen MR) is 145 cm³/mol. The summed E-state index contributed by atoms with van der Waals surface area (Å²) < 4.78 is 68.6. The minimum Gasteiger partial charge on any atom is -0.507 e. The molecule has 1 fully saturated rings. The summed E-state index contributed by atoms with van der Waals surface area (Å²) in [7, 11) is 1.55. The molecule has 0 radical (unpaired) electrons. The third-order valence-electron chi connectivity index (χ3n) is 5.56. The molecular formula is C26H29F6N7O6. The number of nitrogens with one attached hydrogen (secondary N) is 1. The summed E-state index contributed by atoms with van der Waals surface area (Å²) in [4.78, 5) is 32.6. The molecule has 2 aromatic heterocycles. The summed E-state index contributed by atoms with van der Waals surface area (Å²) in [5.74, 6) is -4.37. The number of methoxy groups -OCH3 is 1. The second-order valence-corrected chi connectivity index (χ2v) is 10.3.